The highest BCUT2D eigenvalue weighted by molar-refractivity contribution is 7.98. The van der Waals surface area contributed by atoms with Crippen molar-refractivity contribution in [3.8, 4) is 0 Å². The zero-order chi connectivity index (χ0) is 18.8. The lowest BCUT2D eigenvalue weighted by Gasteiger charge is -2.19. The molecule has 0 amide bonds. The Morgan fingerprint density at radius 3 is 2.52 bits per heavy atom. The van der Waals surface area contributed by atoms with Crippen LogP contribution in [-0.2, 0) is 12.3 Å². The van der Waals surface area contributed by atoms with Crippen LogP contribution in [-0.4, -0.2) is 53.3 Å². The van der Waals surface area contributed by atoms with Crippen LogP contribution in [0.1, 0.15) is 11.5 Å². The van der Waals surface area contributed by atoms with Crippen LogP contribution in [0.4, 0.5) is 0 Å². The van der Waals surface area contributed by atoms with Crippen molar-refractivity contribution < 1.29 is 9.34 Å². The third-order valence-corrected chi connectivity index (χ3v) is 3.88. The Morgan fingerprint density at radius 1 is 1.28 bits per heavy atom. The molecule has 0 saturated heterocycles. The quantitative estimate of drug-likeness (QED) is 0.235. The molecule has 0 aromatic carbocycles. The SMILES string of the molecule is CN(C)Cc1ccc(CSCCN(N=O)/C(=C/[N+](=O)[O-])N(C)N=O)o1. The van der Waals surface area contributed by atoms with Gasteiger partial charge in [-0.3, -0.25) is 10.1 Å². The summed E-state index contributed by atoms with van der Waals surface area (Å²) >= 11 is 1.47. The summed E-state index contributed by atoms with van der Waals surface area (Å²) in [5.41, 5.74) is 0. The molecule has 0 atom stereocenters. The number of nitro groups is 1. The number of hydrogen-bond donors (Lipinski definition) is 0. The number of thioether (sulfide) groups is 1. The average Bonchev–Trinajstić information content (AvgIpc) is 2.98. The van der Waals surface area contributed by atoms with Crippen molar-refractivity contribution in [1.82, 2.24) is 14.9 Å². The minimum Gasteiger partial charge on any atom is -0.464 e. The highest BCUT2D eigenvalue weighted by atomic mass is 32.2. The zero-order valence-corrected chi connectivity index (χ0v) is 15.0. The van der Waals surface area contributed by atoms with Crippen molar-refractivity contribution >= 4 is 11.8 Å². The van der Waals surface area contributed by atoms with Crippen LogP contribution in [0, 0.1) is 19.9 Å². The summed E-state index contributed by atoms with van der Waals surface area (Å²) in [7, 11) is 5.08. The van der Waals surface area contributed by atoms with Crippen LogP contribution in [0.2, 0.25) is 0 Å². The van der Waals surface area contributed by atoms with Gasteiger partial charge in [0.2, 0.25) is 5.82 Å². The van der Waals surface area contributed by atoms with Crippen LogP contribution in [0.5, 0.6) is 0 Å². The maximum atomic E-state index is 10.9. The lowest BCUT2D eigenvalue weighted by atomic mass is 10.4. The Balaban J connectivity index is 2.54. The van der Waals surface area contributed by atoms with Gasteiger partial charge in [0.1, 0.15) is 11.5 Å². The van der Waals surface area contributed by atoms with Gasteiger partial charge in [0, 0.05) is 12.8 Å². The van der Waals surface area contributed by atoms with Crippen molar-refractivity contribution in [3.05, 3.63) is 55.6 Å². The maximum Gasteiger partial charge on any atom is 0.278 e. The minimum absolute atomic E-state index is 0.0823. The Morgan fingerprint density at radius 2 is 1.96 bits per heavy atom. The lowest BCUT2D eigenvalue weighted by Crippen LogP contribution is -2.28. The van der Waals surface area contributed by atoms with Crippen LogP contribution in [0.3, 0.4) is 0 Å². The fraction of sp³-hybridized carbons (Fsp3) is 0.538. The average molecular weight is 372 g/mol. The highest BCUT2D eigenvalue weighted by Crippen LogP contribution is 2.18. The van der Waals surface area contributed by atoms with E-state index in [1.165, 1.54) is 18.8 Å². The van der Waals surface area contributed by atoms with Crippen LogP contribution in [0.15, 0.2) is 39.1 Å². The lowest BCUT2D eigenvalue weighted by molar-refractivity contribution is -0.405. The number of nitroso groups, excluding NO2 is 2. The molecule has 138 valence electrons. The van der Waals surface area contributed by atoms with Crippen LogP contribution < -0.4 is 0 Å². The molecule has 0 spiro atoms. The second-order valence-corrected chi connectivity index (χ2v) is 6.35. The van der Waals surface area contributed by atoms with Crippen LogP contribution in [0.25, 0.3) is 0 Å². The van der Waals surface area contributed by atoms with Crippen LogP contribution >= 0.6 is 11.8 Å². The van der Waals surface area contributed by atoms with E-state index >= 15 is 0 Å². The molecule has 0 bridgehead atoms. The van der Waals surface area contributed by atoms with E-state index in [2.05, 4.69) is 10.6 Å². The third kappa shape index (κ3) is 7.30. The van der Waals surface area contributed by atoms with Crippen molar-refractivity contribution in [3.63, 3.8) is 0 Å². The molecule has 0 N–H and O–H groups in total. The van der Waals surface area contributed by atoms with Crippen molar-refractivity contribution in [2.45, 2.75) is 12.3 Å². The first-order chi connectivity index (χ1) is 11.9. The fourth-order valence-electron chi connectivity index (χ4n) is 1.87. The maximum absolute atomic E-state index is 10.9. The molecular weight excluding hydrogens is 352 g/mol. The smallest absolute Gasteiger partial charge is 0.278 e. The van der Waals surface area contributed by atoms with Gasteiger partial charge in [-0.1, -0.05) is 0 Å². The summed E-state index contributed by atoms with van der Waals surface area (Å²) in [6, 6.07) is 3.78. The van der Waals surface area contributed by atoms with Gasteiger partial charge in [-0.25, -0.2) is 10.0 Å². The van der Waals surface area contributed by atoms with E-state index in [1.807, 2.05) is 31.1 Å². The van der Waals surface area contributed by atoms with Crippen molar-refractivity contribution in [2.75, 3.05) is 33.4 Å². The second-order valence-electron chi connectivity index (χ2n) is 5.24. The molecule has 0 radical (unpaired) electrons. The fourth-order valence-corrected chi connectivity index (χ4v) is 2.67. The summed E-state index contributed by atoms with van der Waals surface area (Å²) in [6.45, 7) is 0.784. The second kappa shape index (κ2) is 10.4. The standard InChI is InChI=1S/C13H20N6O5S/c1-16(2)8-11-4-5-12(24-11)10-25-7-6-18(15-21)13(9-19(22)23)17(3)14-20/h4-5,9H,6-8,10H2,1-3H3/b13-9+. The Labute approximate surface area is 148 Å². The first-order valence-electron chi connectivity index (χ1n) is 7.20. The molecule has 1 heterocycles. The van der Waals surface area contributed by atoms with E-state index in [-0.39, 0.29) is 12.4 Å². The van der Waals surface area contributed by atoms with Crippen molar-refractivity contribution in [1.29, 1.82) is 0 Å². The van der Waals surface area contributed by atoms with E-state index in [0.29, 0.717) is 29.3 Å². The van der Waals surface area contributed by atoms with Gasteiger partial charge in [-0.2, -0.15) is 11.8 Å². The molecule has 0 fully saturated rings. The topological polar surface area (TPSA) is 125 Å². The van der Waals surface area contributed by atoms with E-state index in [1.54, 1.807) is 0 Å². The molecule has 0 aliphatic rings. The molecular formula is C13H20N6O5S. The highest BCUT2D eigenvalue weighted by Gasteiger charge is 2.19. The Bertz CT molecular complexity index is 620. The van der Waals surface area contributed by atoms with Gasteiger partial charge < -0.3 is 9.32 Å². The van der Waals surface area contributed by atoms with E-state index in [9.17, 15) is 19.9 Å². The third-order valence-electron chi connectivity index (χ3n) is 2.92. The van der Waals surface area contributed by atoms with Gasteiger partial charge in [0.25, 0.3) is 6.20 Å². The molecule has 1 aromatic rings. The Kier molecular flexibility index (Phi) is 8.56. The predicted molar refractivity (Wildman–Crippen MR) is 93.4 cm³/mol. The predicted octanol–water partition coefficient (Wildman–Crippen LogP) is 2.25. The first kappa shape index (κ1) is 20.6. The molecule has 25 heavy (non-hydrogen) atoms. The van der Waals surface area contributed by atoms with Gasteiger partial charge in [-0.05, 0) is 26.2 Å². The molecule has 12 heteroatoms. The normalized spacial score (nSPS) is 11.4. The molecule has 0 saturated carbocycles. The molecule has 0 aliphatic heterocycles. The largest absolute Gasteiger partial charge is 0.464 e. The number of furan rings is 1. The van der Waals surface area contributed by atoms with Gasteiger partial charge in [0.15, 0.2) is 0 Å². The van der Waals surface area contributed by atoms with Gasteiger partial charge >= 0.3 is 0 Å². The van der Waals surface area contributed by atoms with Gasteiger partial charge in [0.05, 0.1) is 34.3 Å². The first-order valence-corrected chi connectivity index (χ1v) is 8.36. The molecule has 11 nitrogen and oxygen atoms in total. The van der Waals surface area contributed by atoms with E-state index in [4.69, 9.17) is 4.42 Å². The van der Waals surface area contributed by atoms with E-state index < -0.39 is 4.92 Å². The number of hydrogen-bond acceptors (Lipinski definition) is 9. The summed E-state index contributed by atoms with van der Waals surface area (Å²) in [5, 5.41) is 17.4. The molecule has 0 aliphatic carbocycles. The summed E-state index contributed by atoms with van der Waals surface area (Å²) in [6.07, 6.45) is 0.507. The summed E-state index contributed by atoms with van der Waals surface area (Å²) in [5.74, 6) is 2.36. The monoisotopic (exact) mass is 372 g/mol. The minimum atomic E-state index is -0.780. The van der Waals surface area contributed by atoms with E-state index in [0.717, 1.165) is 16.5 Å². The summed E-state index contributed by atoms with van der Waals surface area (Å²) in [4.78, 5) is 33.3. The number of nitrogens with zero attached hydrogens (tertiary/aromatic N) is 6. The molecule has 0 unspecified atom stereocenters. The van der Waals surface area contributed by atoms with Crippen molar-refractivity contribution in [2.24, 2.45) is 10.6 Å². The number of rotatable bonds is 12. The summed E-state index contributed by atoms with van der Waals surface area (Å²) < 4.78 is 5.66. The molecule has 1 aromatic heterocycles. The Hall–Kier alpha value is -2.47. The molecule has 1 rings (SSSR count). The van der Waals surface area contributed by atoms with Gasteiger partial charge in [-0.15, -0.1) is 9.81 Å². The zero-order valence-electron chi connectivity index (χ0n) is 14.2.